The molecular weight excluding hydrogens is 452 g/mol. The van der Waals surface area contributed by atoms with Crippen molar-refractivity contribution in [1.29, 1.82) is 0 Å². The Kier molecular flexibility index (Phi) is 6.50. The van der Waals surface area contributed by atoms with Gasteiger partial charge in [-0.1, -0.05) is 6.92 Å². The second-order valence-electron chi connectivity index (χ2n) is 8.47. The van der Waals surface area contributed by atoms with Gasteiger partial charge in [0, 0.05) is 29.6 Å². The molecule has 0 radical (unpaired) electrons. The van der Waals surface area contributed by atoms with Crippen molar-refractivity contribution in [2.24, 2.45) is 0 Å². The number of amides is 1. The fourth-order valence-electron chi connectivity index (χ4n) is 4.12. The maximum absolute atomic E-state index is 12.9. The largest absolute Gasteiger partial charge is 0.548 e. The first-order chi connectivity index (χ1) is 16.7. The number of aliphatic carboxylic acids is 1. The first-order valence-electron chi connectivity index (χ1n) is 11.2. The standard InChI is InChI=1S/C26H26N2O7/c1-4-15-10-23(30)35-22-8-13(2)7-21(24(15)22)34-14(3)25(31)28-20(26(32)33)9-16-12-27-19-6-5-17(29)11-18(16)19/h5-8,10-12,14,20,27,29H,4,9H2,1-3H3,(H,28,31)(H,32,33)/p-1/t14-,20-/m0/s1. The highest BCUT2D eigenvalue weighted by molar-refractivity contribution is 5.90. The summed E-state index contributed by atoms with van der Waals surface area (Å²) in [6.45, 7) is 5.20. The zero-order valence-electron chi connectivity index (χ0n) is 19.5. The highest BCUT2D eigenvalue weighted by Gasteiger charge is 2.23. The summed E-state index contributed by atoms with van der Waals surface area (Å²) >= 11 is 0. The Morgan fingerprint density at radius 3 is 2.69 bits per heavy atom. The summed E-state index contributed by atoms with van der Waals surface area (Å²) < 4.78 is 11.3. The number of fused-ring (bicyclic) bond motifs is 2. The smallest absolute Gasteiger partial charge is 0.336 e. The van der Waals surface area contributed by atoms with Gasteiger partial charge in [0.05, 0.1) is 17.4 Å². The van der Waals surface area contributed by atoms with Crippen LogP contribution in [0, 0.1) is 6.92 Å². The number of nitrogens with one attached hydrogen (secondary N) is 2. The molecule has 0 aliphatic carbocycles. The van der Waals surface area contributed by atoms with Gasteiger partial charge in [-0.2, -0.15) is 0 Å². The van der Waals surface area contributed by atoms with E-state index >= 15 is 0 Å². The third-order valence-electron chi connectivity index (χ3n) is 5.86. The summed E-state index contributed by atoms with van der Waals surface area (Å²) in [5, 5.41) is 25.3. The van der Waals surface area contributed by atoms with Crippen molar-refractivity contribution in [3.63, 3.8) is 0 Å². The number of benzene rings is 2. The monoisotopic (exact) mass is 477 g/mol. The Morgan fingerprint density at radius 1 is 1.20 bits per heavy atom. The molecule has 0 fully saturated rings. The van der Waals surface area contributed by atoms with Crippen molar-refractivity contribution in [3.05, 3.63) is 69.7 Å². The SMILES string of the molecule is CCc1cc(=O)oc2cc(C)cc(O[C@@H](C)C(=O)N[C@@H](Cc3c[nH]c4ccc(O)cc34)C(=O)[O-])c12. The number of carboxylic acids is 1. The third-order valence-corrected chi connectivity index (χ3v) is 5.86. The lowest BCUT2D eigenvalue weighted by atomic mass is 10.0. The van der Waals surface area contributed by atoms with E-state index in [0.29, 0.717) is 39.7 Å². The zero-order chi connectivity index (χ0) is 25.3. The van der Waals surface area contributed by atoms with Crippen molar-refractivity contribution < 1.29 is 29.0 Å². The van der Waals surface area contributed by atoms with E-state index in [1.165, 1.54) is 25.1 Å². The fourth-order valence-corrected chi connectivity index (χ4v) is 4.12. The third kappa shape index (κ3) is 4.98. The molecule has 0 bridgehead atoms. The molecule has 1 amide bonds. The van der Waals surface area contributed by atoms with Crippen LogP contribution >= 0.6 is 0 Å². The number of H-pyrrole nitrogens is 1. The Hall–Kier alpha value is -4.27. The number of carbonyl (C=O) groups excluding carboxylic acids is 2. The lowest BCUT2D eigenvalue weighted by molar-refractivity contribution is -0.308. The number of hydrogen-bond acceptors (Lipinski definition) is 7. The van der Waals surface area contributed by atoms with Crippen molar-refractivity contribution in [1.82, 2.24) is 10.3 Å². The molecule has 9 heteroatoms. The molecule has 35 heavy (non-hydrogen) atoms. The van der Waals surface area contributed by atoms with Crippen molar-refractivity contribution >= 4 is 33.7 Å². The molecule has 0 saturated carbocycles. The minimum Gasteiger partial charge on any atom is -0.548 e. The summed E-state index contributed by atoms with van der Waals surface area (Å²) in [7, 11) is 0. The maximum atomic E-state index is 12.9. The van der Waals surface area contributed by atoms with E-state index in [4.69, 9.17) is 9.15 Å². The molecule has 4 aromatic rings. The summed E-state index contributed by atoms with van der Waals surface area (Å²) in [6.07, 6.45) is 1.08. The number of aryl methyl sites for hydroxylation is 2. The molecule has 0 saturated heterocycles. The molecule has 0 aliphatic heterocycles. The van der Waals surface area contributed by atoms with E-state index in [-0.39, 0.29) is 12.2 Å². The van der Waals surface area contributed by atoms with Crippen LogP contribution in [0.15, 0.2) is 51.8 Å². The number of aromatic nitrogens is 1. The number of ether oxygens (including phenoxy) is 1. The molecule has 0 unspecified atom stereocenters. The average Bonchev–Trinajstić information content (AvgIpc) is 3.19. The van der Waals surface area contributed by atoms with Crippen LogP contribution in [0.3, 0.4) is 0 Å². The van der Waals surface area contributed by atoms with Crippen LogP contribution in [0.2, 0.25) is 0 Å². The van der Waals surface area contributed by atoms with Gasteiger partial charge in [0.15, 0.2) is 6.10 Å². The molecule has 2 atom stereocenters. The average molecular weight is 477 g/mol. The second kappa shape index (κ2) is 9.54. The minimum absolute atomic E-state index is 0.0436. The number of carbonyl (C=O) groups is 2. The van der Waals surface area contributed by atoms with Crippen LogP contribution in [-0.2, 0) is 22.4 Å². The molecule has 0 spiro atoms. The number of rotatable bonds is 8. The van der Waals surface area contributed by atoms with Gasteiger partial charge in [-0.25, -0.2) is 4.79 Å². The quantitative estimate of drug-likeness (QED) is 0.330. The van der Waals surface area contributed by atoms with Gasteiger partial charge in [-0.3, -0.25) is 4.79 Å². The molecule has 182 valence electrons. The van der Waals surface area contributed by atoms with Gasteiger partial charge in [0.25, 0.3) is 5.91 Å². The molecular formula is C26H25N2O7-. The molecule has 3 N–H and O–H groups in total. The topological polar surface area (TPSA) is 145 Å². The number of phenolic OH excluding ortho intramolecular Hbond substituents is 1. The molecule has 2 aromatic heterocycles. The van der Waals surface area contributed by atoms with E-state index < -0.39 is 29.6 Å². The van der Waals surface area contributed by atoms with Gasteiger partial charge < -0.3 is 34.5 Å². The number of aromatic amines is 1. The van der Waals surface area contributed by atoms with Crippen molar-refractivity contribution in [2.75, 3.05) is 0 Å². The number of aromatic hydroxyl groups is 1. The number of phenols is 1. The number of hydrogen-bond donors (Lipinski definition) is 3. The van der Waals surface area contributed by atoms with Crippen LogP contribution in [0.1, 0.15) is 30.5 Å². The van der Waals surface area contributed by atoms with Crippen LogP contribution in [-0.4, -0.2) is 34.1 Å². The minimum atomic E-state index is -1.45. The normalized spacial score (nSPS) is 13.0. The molecule has 2 aromatic carbocycles. The van der Waals surface area contributed by atoms with E-state index in [9.17, 15) is 24.6 Å². The van der Waals surface area contributed by atoms with Crippen LogP contribution < -0.4 is 20.8 Å². The predicted molar refractivity (Wildman–Crippen MR) is 127 cm³/mol. The van der Waals surface area contributed by atoms with Gasteiger partial charge in [0.1, 0.15) is 17.1 Å². The zero-order valence-corrected chi connectivity index (χ0v) is 19.5. The van der Waals surface area contributed by atoms with Crippen LogP contribution in [0.4, 0.5) is 0 Å². The summed E-state index contributed by atoms with van der Waals surface area (Å²) in [5.41, 5.74) is 2.70. The molecule has 9 nitrogen and oxygen atoms in total. The Morgan fingerprint density at radius 2 is 1.97 bits per heavy atom. The lowest BCUT2D eigenvalue weighted by Gasteiger charge is -2.23. The summed E-state index contributed by atoms with van der Waals surface area (Å²) in [4.78, 5) is 39.6. The Bertz CT molecular complexity index is 1480. The first-order valence-corrected chi connectivity index (χ1v) is 11.2. The highest BCUT2D eigenvalue weighted by atomic mass is 16.5. The summed E-state index contributed by atoms with van der Waals surface area (Å²) in [5.74, 6) is -1.69. The Balaban J connectivity index is 1.56. The van der Waals surface area contributed by atoms with Gasteiger partial charge in [0.2, 0.25) is 0 Å². The summed E-state index contributed by atoms with van der Waals surface area (Å²) in [6, 6.07) is 8.24. The first kappa shape index (κ1) is 23.9. The fraction of sp³-hybridized carbons (Fsp3) is 0.269. The highest BCUT2D eigenvalue weighted by Crippen LogP contribution is 2.31. The molecule has 0 aliphatic rings. The predicted octanol–water partition coefficient (Wildman–Crippen LogP) is 2.10. The maximum Gasteiger partial charge on any atom is 0.336 e. The Labute approximate surface area is 200 Å². The van der Waals surface area contributed by atoms with Crippen LogP contribution in [0.5, 0.6) is 11.5 Å². The van der Waals surface area contributed by atoms with Crippen molar-refractivity contribution in [2.45, 2.75) is 45.8 Å². The van der Waals surface area contributed by atoms with E-state index in [1.54, 1.807) is 31.3 Å². The van der Waals surface area contributed by atoms with E-state index in [0.717, 1.165) is 11.1 Å². The lowest BCUT2D eigenvalue weighted by Crippen LogP contribution is -2.52. The van der Waals surface area contributed by atoms with Gasteiger partial charge in [-0.05, 0) is 67.3 Å². The van der Waals surface area contributed by atoms with E-state index in [1.807, 2.05) is 6.92 Å². The molecule has 2 heterocycles. The van der Waals surface area contributed by atoms with Gasteiger partial charge >= 0.3 is 5.63 Å². The van der Waals surface area contributed by atoms with Crippen molar-refractivity contribution in [3.8, 4) is 11.5 Å². The van der Waals surface area contributed by atoms with E-state index in [2.05, 4.69) is 10.3 Å². The van der Waals surface area contributed by atoms with Gasteiger partial charge in [-0.15, -0.1) is 0 Å². The second-order valence-corrected chi connectivity index (χ2v) is 8.47. The van der Waals surface area contributed by atoms with Crippen LogP contribution in [0.25, 0.3) is 21.9 Å². The number of carboxylic acid groups (broad SMARTS) is 1. The molecule has 4 rings (SSSR count).